The molecule has 0 aliphatic heterocycles. The summed E-state index contributed by atoms with van der Waals surface area (Å²) in [6, 6.07) is 0. The maximum atomic E-state index is 11.8. The number of nitrogens with two attached hydrogens (primary N) is 1. The summed E-state index contributed by atoms with van der Waals surface area (Å²) >= 11 is 0. The largest absolute Gasteiger partial charge is 0.383 e. The van der Waals surface area contributed by atoms with Crippen LogP contribution in [0.25, 0.3) is 0 Å². The molecule has 0 spiro atoms. The monoisotopic (exact) mass is 266 g/mol. The predicted octanol–water partition coefficient (Wildman–Crippen LogP) is 1.04. The van der Waals surface area contributed by atoms with Gasteiger partial charge in [0, 0.05) is 13.6 Å². The SMILES string of the molecule is Cn1c(N)c(NCC2(C)CCCCC2)c(=O)[nH]c1=O. The van der Waals surface area contributed by atoms with Crippen molar-refractivity contribution in [3.63, 3.8) is 0 Å². The Morgan fingerprint density at radius 2 is 1.95 bits per heavy atom. The Bertz CT molecular complexity index is 567. The minimum absolute atomic E-state index is 0.188. The highest BCUT2D eigenvalue weighted by Crippen LogP contribution is 2.35. The third-order valence-corrected chi connectivity index (χ3v) is 4.12. The highest BCUT2D eigenvalue weighted by atomic mass is 16.2. The lowest BCUT2D eigenvalue weighted by molar-refractivity contribution is 0.233. The first-order chi connectivity index (χ1) is 8.93. The van der Waals surface area contributed by atoms with Crippen LogP contribution in [0.3, 0.4) is 0 Å². The van der Waals surface area contributed by atoms with Gasteiger partial charge >= 0.3 is 5.69 Å². The number of rotatable bonds is 3. The van der Waals surface area contributed by atoms with Crippen LogP contribution in [0, 0.1) is 5.41 Å². The van der Waals surface area contributed by atoms with Crippen molar-refractivity contribution in [3.8, 4) is 0 Å². The summed E-state index contributed by atoms with van der Waals surface area (Å²) in [5, 5.41) is 3.13. The molecule has 0 atom stereocenters. The highest BCUT2D eigenvalue weighted by Gasteiger charge is 2.27. The Morgan fingerprint density at radius 1 is 1.32 bits per heavy atom. The number of aromatic nitrogens is 2. The summed E-state index contributed by atoms with van der Waals surface area (Å²) in [7, 11) is 1.54. The van der Waals surface area contributed by atoms with Gasteiger partial charge in [-0.3, -0.25) is 14.3 Å². The highest BCUT2D eigenvalue weighted by molar-refractivity contribution is 5.60. The first-order valence-corrected chi connectivity index (χ1v) is 6.76. The van der Waals surface area contributed by atoms with E-state index in [1.807, 2.05) is 0 Å². The molecule has 1 aromatic heterocycles. The van der Waals surface area contributed by atoms with Crippen molar-refractivity contribution >= 4 is 11.5 Å². The van der Waals surface area contributed by atoms with Crippen molar-refractivity contribution in [2.75, 3.05) is 17.6 Å². The molecule has 0 saturated heterocycles. The number of hydrogen-bond donors (Lipinski definition) is 3. The van der Waals surface area contributed by atoms with Gasteiger partial charge in [-0.15, -0.1) is 0 Å². The summed E-state index contributed by atoms with van der Waals surface area (Å²) in [4.78, 5) is 25.4. The standard InChI is InChI=1S/C13H22N4O2/c1-13(6-4-3-5-7-13)8-15-9-10(14)17(2)12(19)16-11(9)18/h15H,3-8,14H2,1-2H3,(H,16,18,19). The van der Waals surface area contributed by atoms with E-state index in [1.54, 1.807) is 7.05 Å². The van der Waals surface area contributed by atoms with Gasteiger partial charge in [-0.05, 0) is 18.3 Å². The Labute approximate surface area is 112 Å². The van der Waals surface area contributed by atoms with Crippen LogP contribution in [0.1, 0.15) is 39.0 Å². The zero-order valence-corrected chi connectivity index (χ0v) is 11.6. The molecule has 0 bridgehead atoms. The molecule has 1 heterocycles. The second kappa shape index (κ2) is 5.11. The zero-order valence-electron chi connectivity index (χ0n) is 11.6. The summed E-state index contributed by atoms with van der Waals surface area (Å²) < 4.78 is 1.24. The predicted molar refractivity (Wildman–Crippen MR) is 76.4 cm³/mol. The first kappa shape index (κ1) is 13.7. The molecule has 106 valence electrons. The van der Waals surface area contributed by atoms with E-state index in [-0.39, 0.29) is 11.2 Å². The van der Waals surface area contributed by atoms with Crippen molar-refractivity contribution in [1.29, 1.82) is 0 Å². The number of nitrogens with one attached hydrogen (secondary N) is 2. The molecular formula is C13H22N4O2. The summed E-state index contributed by atoms with van der Waals surface area (Å²) in [5.41, 5.74) is 5.39. The van der Waals surface area contributed by atoms with Gasteiger partial charge in [0.1, 0.15) is 11.5 Å². The second-order valence-corrected chi connectivity index (χ2v) is 5.80. The van der Waals surface area contributed by atoms with E-state index in [0.717, 1.165) is 12.8 Å². The molecule has 0 radical (unpaired) electrons. The molecule has 0 aromatic carbocycles. The van der Waals surface area contributed by atoms with E-state index in [0.29, 0.717) is 12.2 Å². The molecule has 6 heteroatoms. The van der Waals surface area contributed by atoms with Crippen LogP contribution in [0.4, 0.5) is 11.5 Å². The van der Waals surface area contributed by atoms with Gasteiger partial charge < -0.3 is 11.1 Å². The van der Waals surface area contributed by atoms with Gasteiger partial charge in [-0.1, -0.05) is 26.2 Å². The number of hydrogen-bond acceptors (Lipinski definition) is 4. The minimum atomic E-state index is -0.489. The molecule has 4 N–H and O–H groups in total. The third kappa shape index (κ3) is 2.83. The Morgan fingerprint density at radius 3 is 2.58 bits per heavy atom. The minimum Gasteiger partial charge on any atom is -0.383 e. The Hall–Kier alpha value is -1.72. The second-order valence-electron chi connectivity index (χ2n) is 5.80. The molecule has 1 aliphatic rings. The Balaban J connectivity index is 2.18. The zero-order chi connectivity index (χ0) is 14.0. The Kier molecular flexibility index (Phi) is 3.68. The molecule has 1 aromatic rings. The third-order valence-electron chi connectivity index (χ3n) is 4.12. The average molecular weight is 266 g/mol. The number of H-pyrrole nitrogens is 1. The lowest BCUT2D eigenvalue weighted by Crippen LogP contribution is -2.35. The van der Waals surface area contributed by atoms with Crippen molar-refractivity contribution < 1.29 is 0 Å². The summed E-state index contributed by atoms with van der Waals surface area (Å²) in [6.07, 6.45) is 6.07. The van der Waals surface area contributed by atoms with Crippen LogP contribution < -0.4 is 22.3 Å². The van der Waals surface area contributed by atoms with E-state index >= 15 is 0 Å². The summed E-state index contributed by atoms with van der Waals surface area (Å²) in [5.74, 6) is 0.188. The van der Waals surface area contributed by atoms with Gasteiger partial charge in [0.2, 0.25) is 0 Å². The lowest BCUT2D eigenvalue weighted by atomic mass is 9.76. The fourth-order valence-electron chi connectivity index (χ4n) is 2.69. The van der Waals surface area contributed by atoms with Crippen LogP contribution in [0.2, 0.25) is 0 Å². The molecule has 1 saturated carbocycles. The van der Waals surface area contributed by atoms with Gasteiger partial charge in [-0.2, -0.15) is 0 Å². The van der Waals surface area contributed by atoms with Gasteiger partial charge in [0.15, 0.2) is 0 Å². The normalized spacial score (nSPS) is 18.2. The molecule has 2 rings (SSSR count). The smallest absolute Gasteiger partial charge is 0.329 e. The van der Waals surface area contributed by atoms with Crippen molar-refractivity contribution in [3.05, 3.63) is 20.8 Å². The van der Waals surface area contributed by atoms with Gasteiger partial charge in [-0.25, -0.2) is 4.79 Å². The van der Waals surface area contributed by atoms with E-state index in [4.69, 9.17) is 5.73 Å². The maximum Gasteiger partial charge on any atom is 0.329 e. The topological polar surface area (TPSA) is 92.9 Å². The van der Waals surface area contributed by atoms with Crippen LogP contribution >= 0.6 is 0 Å². The van der Waals surface area contributed by atoms with Crippen LogP contribution in [-0.2, 0) is 7.05 Å². The molecule has 1 fully saturated rings. The van der Waals surface area contributed by atoms with Gasteiger partial charge in [0.05, 0.1) is 0 Å². The number of aromatic amines is 1. The van der Waals surface area contributed by atoms with Gasteiger partial charge in [0.25, 0.3) is 5.56 Å². The van der Waals surface area contributed by atoms with Crippen molar-refractivity contribution in [2.45, 2.75) is 39.0 Å². The molecule has 0 amide bonds. The molecule has 6 nitrogen and oxygen atoms in total. The van der Waals surface area contributed by atoms with E-state index in [9.17, 15) is 9.59 Å². The number of nitrogen functional groups attached to an aromatic ring is 1. The van der Waals surface area contributed by atoms with Crippen molar-refractivity contribution in [1.82, 2.24) is 9.55 Å². The van der Waals surface area contributed by atoms with Crippen LogP contribution in [-0.4, -0.2) is 16.1 Å². The number of anilines is 2. The first-order valence-electron chi connectivity index (χ1n) is 6.76. The van der Waals surface area contributed by atoms with E-state index in [2.05, 4.69) is 17.2 Å². The fourth-order valence-corrected chi connectivity index (χ4v) is 2.69. The quantitative estimate of drug-likeness (QED) is 0.762. The maximum absolute atomic E-state index is 11.8. The lowest BCUT2D eigenvalue weighted by Gasteiger charge is -2.34. The van der Waals surface area contributed by atoms with E-state index in [1.165, 1.54) is 23.8 Å². The van der Waals surface area contributed by atoms with Crippen LogP contribution in [0.5, 0.6) is 0 Å². The fraction of sp³-hybridized carbons (Fsp3) is 0.692. The molecule has 0 unspecified atom stereocenters. The van der Waals surface area contributed by atoms with Crippen LogP contribution in [0.15, 0.2) is 9.59 Å². The van der Waals surface area contributed by atoms with E-state index < -0.39 is 11.2 Å². The number of nitrogens with zero attached hydrogens (tertiary/aromatic N) is 1. The average Bonchev–Trinajstić information content (AvgIpc) is 2.37. The van der Waals surface area contributed by atoms with Crippen molar-refractivity contribution in [2.24, 2.45) is 12.5 Å². The molecular weight excluding hydrogens is 244 g/mol. The summed E-state index contributed by atoms with van der Waals surface area (Å²) in [6.45, 7) is 2.93. The molecule has 1 aliphatic carbocycles. The molecule has 19 heavy (non-hydrogen) atoms.